The van der Waals surface area contributed by atoms with E-state index in [-0.39, 0.29) is 58.5 Å². The zero-order valence-corrected chi connectivity index (χ0v) is 23.3. The van der Waals surface area contributed by atoms with Crippen LogP contribution in [0.15, 0.2) is 64.4 Å². The van der Waals surface area contributed by atoms with Gasteiger partial charge in [-0.05, 0) is 38.1 Å². The molecule has 0 spiro atoms. The maximum absolute atomic E-state index is 15.1. The summed E-state index contributed by atoms with van der Waals surface area (Å²) in [6.07, 6.45) is -1.17. The van der Waals surface area contributed by atoms with Crippen LogP contribution < -0.4 is 15.6 Å². The number of nitrogens with zero attached hydrogens (tertiary/aromatic N) is 5. The Morgan fingerprint density at radius 3 is 2.52 bits per heavy atom. The predicted octanol–water partition coefficient (Wildman–Crippen LogP) is 3.88. The topological polar surface area (TPSA) is 159 Å². The van der Waals surface area contributed by atoms with Crippen molar-refractivity contribution in [3.63, 3.8) is 0 Å². The number of hydrogen-bond donors (Lipinski definition) is 3. The minimum atomic E-state index is -4.04. The molecule has 2 aromatic heterocycles. The van der Waals surface area contributed by atoms with Crippen LogP contribution in [0.1, 0.15) is 26.3 Å². The van der Waals surface area contributed by atoms with Crippen molar-refractivity contribution in [1.82, 2.24) is 24.4 Å². The number of benzene rings is 2. The summed E-state index contributed by atoms with van der Waals surface area (Å²) in [5.41, 5.74) is -0.460. The summed E-state index contributed by atoms with van der Waals surface area (Å²) in [5, 5.41) is 12.2. The number of hydrogen-bond acceptors (Lipinski definition) is 8. The number of piperidine rings is 1. The van der Waals surface area contributed by atoms with E-state index in [1.54, 1.807) is 32.0 Å². The molecule has 0 saturated carbocycles. The standard InChI is InChI=1S/C27H27F2N7O5S/c1-15(2)36-24-22(12-30-26(33-24)31-18-11-17(28)13-35(14-18)27(38)39)32-23(25(36)37)16-8-9-21(20(29)10-16)34-42(40,41)19-6-4-3-5-7-19/h3-10,12,15,17-18,34H,11,13-14H2,1-2H3,(H,38,39)(H,30,31,33)/t17-,18-/m0/s1. The van der Waals surface area contributed by atoms with Gasteiger partial charge < -0.3 is 15.3 Å². The molecule has 1 aliphatic rings. The van der Waals surface area contributed by atoms with E-state index in [1.165, 1.54) is 35.0 Å². The van der Waals surface area contributed by atoms with Gasteiger partial charge in [0.05, 0.1) is 23.3 Å². The van der Waals surface area contributed by atoms with Gasteiger partial charge >= 0.3 is 6.09 Å². The fourth-order valence-corrected chi connectivity index (χ4v) is 5.86. The number of amides is 1. The number of sulfonamides is 1. The summed E-state index contributed by atoms with van der Waals surface area (Å²) < 4.78 is 58.1. The number of fused-ring (bicyclic) bond motifs is 1. The van der Waals surface area contributed by atoms with Crippen LogP contribution in [0.3, 0.4) is 0 Å². The van der Waals surface area contributed by atoms with Crippen molar-refractivity contribution < 1.29 is 27.1 Å². The molecule has 0 aliphatic carbocycles. The molecule has 1 fully saturated rings. The Balaban J connectivity index is 1.47. The molecule has 2 atom stereocenters. The van der Waals surface area contributed by atoms with Gasteiger partial charge in [-0.15, -0.1) is 0 Å². The van der Waals surface area contributed by atoms with Gasteiger partial charge in [0.2, 0.25) is 5.95 Å². The van der Waals surface area contributed by atoms with Crippen molar-refractivity contribution >= 4 is 38.9 Å². The highest BCUT2D eigenvalue weighted by atomic mass is 32.2. The van der Waals surface area contributed by atoms with E-state index in [0.29, 0.717) is 0 Å². The summed E-state index contributed by atoms with van der Waals surface area (Å²) in [4.78, 5) is 38.9. The minimum Gasteiger partial charge on any atom is -0.465 e. The molecular weight excluding hydrogens is 572 g/mol. The number of halogens is 2. The van der Waals surface area contributed by atoms with Gasteiger partial charge in [0.1, 0.15) is 23.2 Å². The van der Waals surface area contributed by atoms with Crippen LogP contribution in [-0.4, -0.2) is 69.3 Å². The Labute approximate surface area is 239 Å². The van der Waals surface area contributed by atoms with Crippen LogP contribution in [0, 0.1) is 5.82 Å². The molecule has 2 aromatic carbocycles. The number of carbonyl (C=O) groups is 1. The highest BCUT2D eigenvalue weighted by Gasteiger charge is 2.30. The normalized spacial score (nSPS) is 17.4. The fraction of sp³-hybridized carbons (Fsp3) is 0.296. The summed E-state index contributed by atoms with van der Waals surface area (Å²) in [6, 6.07) is 10.1. The number of carboxylic acid groups (broad SMARTS) is 1. The lowest BCUT2D eigenvalue weighted by atomic mass is 10.0. The second kappa shape index (κ2) is 11.3. The Bertz CT molecular complexity index is 1820. The molecular formula is C27H27F2N7O5S. The molecule has 1 saturated heterocycles. The van der Waals surface area contributed by atoms with Crippen LogP contribution in [-0.2, 0) is 10.0 Å². The quantitative estimate of drug-likeness (QED) is 0.287. The zero-order chi connectivity index (χ0) is 30.2. The van der Waals surface area contributed by atoms with E-state index < -0.39 is 45.7 Å². The van der Waals surface area contributed by atoms with Crippen molar-refractivity contribution in [3.8, 4) is 11.3 Å². The summed E-state index contributed by atoms with van der Waals surface area (Å²) >= 11 is 0. The third-order valence-electron chi connectivity index (χ3n) is 6.69. The Kier molecular flexibility index (Phi) is 7.77. The maximum atomic E-state index is 15.1. The number of alkyl halides is 1. The smallest absolute Gasteiger partial charge is 0.407 e. The van der Waals surface area contributed by atoms with Crippen molar-refractivity contribution in [2.45, 2.75) is 43.4 Å². The molecule has 0 unspecified atom stereocenters. The molecule has 42 heavy (non-hydrogen) atoms. The van der Waals surface area contributed by atoms with Crippen LogP contribution >= 0.6 is 0 Å². The van der Waals surface area contributed by atoms with Gasteiger partial charge in [0, 0.05) is 30.6 Å². The van der Waals surface area contributed by atoms with Gasteiger partial charge in [-0.25, -0.2) is 32.0 Å². The van der Waals surface area contributed by atoms with E-state index in [0.717, 1.165) is 11.0 Å². The third kappa shape index (κ3) is 5.86. The first-order valence-electron chi connectivity index (χ1n) is 13.0. The minimum absolute atomic E-state index is 0.0361. The Hall–Kier alpha value is -4.66. The second-order valence-corrected chi connectivity index (χ2v) is 11.8. The average molecular weight is 600 g/mol. The first-order chi connectivity index (χ1) is 19.9. The summed E-state index contributed by atoms with van der Waals surface area (Å²) in [6.45, 7) is 3.32. The van der Waals surface area contributed by atoms with Gasteiger partial charge in [-0.3, -0.25) is 14.1 Å². The van der Waals surface area contributed by atoms with E-state index in [2.05, 4.69) is 25.0 Å². The molecule has 5 rings (SSSR count). The lowest BCUT2D eigenvalue weighted by Crippen LogP contribution is -2.49. The van der Waals surface area contributed by atoms with Gasteiger partial charge in [-0.1, -0.05) is 24.3 Å². The van der Waals surface area contributed by atoms with E-state index in [4.69, 9.17) is 0 Å². The zero-order valence-electron chi connectivity index (χ0n) is 22.5. The van der Waals surface area contributed by atoms with E-state index >= 15 is 4.39 Å². The first-order valence-corrected chi connectivity index (χ1v) is 14.5. The highest BCUT2D eigenvalue weighted by Crippen LogP contribution is 2.26. The summed E-state index contributed by atoms with van der Waals surface area (Å²) in [7, 11) is -4.04. The monoisotopic (exact) mass is 599 g/mol. The summed E-state index contributed by atoms with van der Waals surface area (Å²) in [5.74, 6) is -0.842. The SMILES string of the molecule is CC(C)n1c(=O)c(-c2ccc(NS(=O)(=O)c3ccccc3)c(F)c2)nc2cnc(N[C@H]3C[C@H](F)CN(C(=O)O)C3)nc21. The van der Waals surface area contributed by atoms with Crippen molar-refractivity contribution in [2.75, 3.05) is 23.1 Å². The molecule has 0 radical (unpaired) electrons. The van der Waals surface area contributed by atoms with Gasteiger partial charge in [0.25, 0.3) is 15.6 Å². The number of anilines is 2. The number of likely N-dealkylation sites (tertiary alicyclic amines) is 1. The number of nitrogens with one attached hydrogen (secondary N) is 2. The fourth-order valence-electron chi connectivity index (χ4n) is 4.77. The number of aromatic nitrogens is 4. The maximum Gasteiger partial charge on any atom is 0.407 e. The third-order valence-corrected chi connectivity index (χ3v) is 8.07. The largest absolute Gasteiger partial charge is 0.465 e. The number of rotatable bonds is 7. The van der Waals surface area contributed by atoms with Gasteiger partial charge in [-0.2, -0.15) is 4.98 Å². The Morgan fingerprint density at radius 2 is 1.86 bits per heavy atom. The molecule has 3 heterocycles. The van der Waals surface area contributed by atoms with Crippen LogP contribution in [0.25, 0.3) is 22.4 Å². The van der Waals surface area contributed by atoms with Crippen molar-refractivity contribution in [1.29, 1.82) is 0 Å². The molecule has 12 nitrogen and oxygen atoms in total. The molecule has 15 heteroatoms. The molecule has 220 valence electrons. The van der Waals surface area contributed by atoms with Crippen molar-refractivity contribution in [3.05, 3.63) is 70.9 Å². The second-order valence-electron chi connectivity index (χ2n) is 10.1. The van der Waals surface area contributed by atoms with Gasteiger partial charge in [0.15, 0.2) is 5.65 Å². The average Bonchev–Trinajstić information content (AvgIpc) is 2.93. The predicted molar refractivity (Wildman–Crippen MR) is 151 cm³/mol. The molecule has 3 N–H and O–H groups in total. The first kappa shape index (κ1) is 28.9. The van der Waals surface area contributed by atoms with E-state index in [1.807, 2.05) is 0 Å². The molecule has 1 amide bonds. The van der Waals surface area contributed by atoms with E-state index in [9.17, 15) is 27.5 Å². The van der Waals surface area contributed by atoms with Crippen LogP contribution in [0.4, 0.5) is 25.2 Å². The Morgan fingerprint density at radius 1 is 1.12 bits per heavy atom. The van der Waals surface area contributed by atoms with Crippen LogP contribution in [0.2, 0.25) is 0 Å². The molecule has 4 aromatic rings. The molecule has 0 bridgehead atoms. The lowest BCUT2D eigenvalue weighted by molar-refractivity contribution is 0.102. The highest BCUT2D eigenvalue weighted by molar-refractivity contribution is 7.92. The lowest BCUT2D eigenvalue weighted by Gasteiger charge is -2.33. The van der Waals surface area contributed by atoms with Crippen molar-refractivity contribution in [2.24, 2.45) is 0 Å². The molecule has 1 aliphatic heterocycles. The van der Waals surface area contributed by atoms with Crippen LogP contribution in [0.5, 0.6) is 0 Å².